The molecule has 0 aliphatic rings. The highest BCUT2D eigenvalue weighted by molar-refractivity contribution is 6.01. The number of Topliss-reactive ketones (excluding diaryl/α,β-unsaturated/α-hetero) is 1. The number of amides is 2. The van der Waals surface area contributed by atoms with Gasteiger partial charge in [-0.15, -0.1) is 0 Å². The molecule has 0 heterocycles. The topological polar surface area (TPSA) is 140 Å². The van der Waals surface area contributed by atoms with E-state index < -0.39 is 12.2 Å². The van der Waals surface area contributed by atoms with Crippen molar-refractivity contribution >= 4 is 34.8 Å². The number of anilines is 3. The number of rotatable bonds is 13. The van der Waals surface area contributed by atoms with Gasteiger partial charge in [-0.1, -0.05) is 43.3 Å². The molecule has 0 radical (unpaired) electrons. The van der Waals surface area contributed by atoms with Crippen LogP contribution in [0.4, 0.5) is 21.9 Å². The van der Waals surface area contributed by atoms with Gasteiger partial charge in [0.1, 0.15) is 18.5 Å². The predicted octanol–water partition coefficient (Wildman–Crippen LogP) is 5.74. The fourth-order valence-corrected chi connectivity index (χ4v) is 4.03. The Morgan fingerprint density at radius 1 is 0.975 bits per heavy atom. The minimum Gasteiger partial charge on any atom is -0.491 e. The number of hydrogen-bond acceptors (Lipinski definition) is 7. The number of allylic oxidation sites excluding steroid dienone is 1. The fourth-order valence-electron chi connectivity index (χ4n) is 4.03. The summed E-state index contributed by atoms with van der Waals surface area (Å²) in [5.41, 5.74) is 8.58. The Labute approximate surface area is 234 Å². The fraction of sp³-hybridized carbons (Fsp3) is 0.258. The minimum atomic E-state index is -0.683. The van der Waals surface area contributed by atoms with Crippen LogP contribution in [0.25, 0.3) is 0 Å². The Balaban J connectivity index is 1.69. The number of nitrogens with one attached hydrogen (secondary N) is 2. The van der Waals surface area contributed by atoms with Crippen molar-refractivity contribution < 1.29 is 29.0 Å². The number of benzene rings is 3. The number of carbonyl (C=O) groups excluding carboxylic acids is 3. The summed E-state index contributed by atoms with van der Waals surface area (Å²) in [6.45, 7) is 3.35. The molecule has 3 aromatic carbocycles. The lowest BCUT2D eigenvalue weighted by molar-refractivity contribution is -0.111. The molecule has 0 unspecified atom stereocenters. The number of ether oxygens (including phenoxy) is 2. The Bertz CT molecular complexity index is 1320. The van der Waals surface area contributed by atoms with E-state index >= 15 is 0 Å². The average molecular weight is 546 g/mol. The van der Waals surface area contributed by atoms with Crippen LogP contribution < -0.4 is 21.1 Å². The first kappa shape index (κ1) is 29.9. The van der Waals surface area contributed by atoms with Gasteiger partial charge < -0.3 is 25.6 Å². The molecular formula is C31H35N3O6. The molecule has 0 saturated carbocycles. The number of nitrogen functional groups attached to an aromatic ring is 1. The van der Waals surface area contributed by atoms with E-state index in [9.17, 15) is 19.5 Å². The van der Waals surface area contributed by atoms with Crippen LogP contribution in [0.2, 0.25) is 0 Å². The molecular weight excluding hydrogens is 510 g/mol. The molecule has 0 aliphatic carbocycles. The monoisotopic (exact) mass is 545 g/mol. The van der Waals surface area contributed by atoms with Crippen LogP contribution >= 0.6 is 0 Å². The summed E-state index contributed by atoms with van der Waals surface area (Å²) in [6.07, 6.45) is 3.00. The second-order valence-corrected chi connectivity index (χ2v) is 9.23. The molecule has 9 nitrogen and oxygen atoms in total. The van der Waals surface area contributed by atoms with Gasteiger partial charge in [-0.05, 0) is 74.2 Å². The molecule has 2 atom stereocenters. The predicted molar refractivity (Wildman–Crippen MR) is 155 cm³/mol. The van der Waals surface area contributed by atoms with Gasteiger partial charge in [-0.2, -0.15) is 0 Å². The standard InChI is InChI=1S/C31H35N3O6/c1-21(9-3-8-14-29(37)34-27-12-6-5-11-26(27)32)30(25-10-4-7-13-28(25)39-20-19-35)40-31(38)33-24-17-15-23(16-18-24)22(2)36/h4-8,10-18,21,30,35H,3,9,19-20,32H2,1-2H3,(H,33,38)(H,34,37)/b14-8+/t21-,30-/m0/s1. The van der Waals surface area contributed by atoms with Crippen molar-refractivity contribution in [2.24, 2.45) is 5.92 Å². The third-order valence-electron chi connectivity index (χ3n) is 6.14. The van der Waals surface area contributed by atoms with E-state index in [1.54, 1.807) is 66.7 Å². The summed E-state index contributed by atoms with van der Waals surface area (Å²) in [7, 11) is 0. The van der Waals surface area contributed by atoms with E-state index in [1.807, 2.05) is 19.1 Å². The quantitative estimate of drug-likeness (QED) is 0.122. The first-order valence-electron chi connectivity index (χ1n) is 13.0. The van der Waals surface area contributed by atoms with Crippen molar-refractivity contribution in [1.29, 1.82) is 0 Å². The highest BCUT2D eigenvalue weighted by Crippen LogP contribution is 2.35. The first-order valence-corrected chi connectivity index (χ1v) is 13.0. The zero-order chi connectivity index (χ0) is 28.9. The number of carbonyl (C=O) groups is 3. The molecule has 0 spiro atoms. The molecule has 0 saturated heterocycles. The number of nitrogens with two attached hydrogens (primary N) is 1. The first-order chi connectivity index (χ1) is 19.3. The maximum absolute atomic E-state index is 12.9. The largest absolute Gasteiger partial charge is 0.491 e. The highest BCUT2D eigenvalue weighted by atomic mass is 16.6. The van der Waals surface area contributed by atoms with Crippen molar-refractivity contribution in [2.75, 3.05) is 29.6 Å². The molecule has 0 fully saturated rings. The lowest BCUT2D eigenvalue weighted by atomic mass is 9.92. The molecule has 5 N–H and O–H groups in total. The van der Waals surface area contributed by atoms with E-state index in [0.29, 0.717) is 46.8 Å². The number of aliphatic hydroxyl groups excluding tert-OH is 1. The molecule has 210 valence electrons. The second-order valence-electron chi connectivity index (χ2n) is 9.23. The van der Waals surface area contributed by atoms with Crippen molar-refractivity contribution in [3.63, 3.8) is 0 Å². The molecule has 9 heteroatoms. The van der Waals surface area contributed by atoms with E-state index in [4.69, 9.17) is 15.2 Å². The van der Waals surface area contributed by atoms with Gasteiger partial charge in [0.05, 0.1) is 18.0 Å². The molecule has 2 amide bonds. The number of ketones is 1. The van der Waals surface area contributed by atoms with Crippen LogP contribution in [-0.2, 0) is 9.53 Å². The minimum absolute atomic E-state index is 0.0711. The summed E-state index contributed by atoms with van der Waals surface area (Å²) in [4.78, 5) is 36.7. The Morgan fingerprint density at radius 3 is 2.38 bits per heavy atom. The zero-order valence-corrected chi connectivity index (χ0v) is 22.6. The molecule has 3 aromatic rings. The Hall–Kier alpha value is -4.63. The second kappa shape index (κ2) is 15.1. The normalized spacial score (nSPS) is 12.4. The molecule has 0 aromatic heterocycles. The van der Waals surface area contributed by atoms with Crippen LogP contribution in [0.3, 0.4) is 0 Å². The molecule has 40 heavy (non-hydrogen) atoms. The van der Waals surface area contributed by atoms with Crippen LogP contribution in [0.5, 0.6) is 5.75 Å². The van der Waals surface area contributed by atoms with Crippen molar-refractivity contribution in [3.8, 4) is 5.75 Å². The smallest absolute Gasteiger partial charge is 0.412 e. The van der Waals surface area contributed by atoms with Crippen LogP contribution in [0, 0.1) is 5.92 Å². The molecule has 3 rings (SSSR count). The third kappa shape index (κ3) is 8.99. The summed E-state index contributed by atoms with van der Waals surface area (Å²) in [6, 6.07) is 20.7. The average Bonchev–Trinajstić information content (AvgIpc) is 2.94. The summed E-state index contributed by atoms with van der Waals surface area (Å²) in [5, 5.41) is 14.7. The number of hydrogen-bond donors (Lipinski definition) is 4. The Kier molecular flexibility index (Phi) is 11.3. The van der Waals surface area contributed by atoms with Crippen LogP contribution in [0.1, 0.15) is 48.7 Å². The van der Waals surface area contributed by atoms with Gasteiger partial charge in [0, 0.05) is 16.8 Å². The number of aliphatic hydroxyl groups is 1. The maximum atomic E-state index is 12.9. The summed E-state index contributed by atoms with van der Waals surface area (Å²) in [5.74, 6) is -0.0286. The van der Waals surface area contributed by atoms with Crippen LogP contribution in [-0.4, -0.2) is 36.1 Å². The zero-order valence-electron chi connectivity index (χ0n) is 22.6. The van der Waals surface area contributed by atoms with Gasteiger partial charge in [0.15, 0.2) is 5.78 Å². The summed E-state index contributed by atoms with van der Waals surface area (Å²) < 4.78 is 11.6. The van der Waals surface area contributed by atoms with Gasteiger partial charge in [0.2, 0.25) is 5.91 Å². The summed E-state index contributed by atoms with van der Waals surface area (Å²) >= 11 is 0. The van der Waals surface area contributed by atoms with Gasteiger partial charge in [0.25, 0.3) is 0 Å². The number of para-hydroxylation sites is 3. The lowest BCUT2D eigenvalue weighted by Gasteiger charge is -2.26. The molecule has 0 aliphatic heterocycles. The van der Waals surface area contributed by atoms with Gasteiger partial charge in [-0.3, -0.25) is 14.9 Å². The van der Waals surface area contributed by atoms with E-state index in [1.165, 1.54) is 13.0 Å². The maximum Gasteiger partial charge on any atom is 0.412 e. The van der Waals surface area contributed by atoms with Crippen molar-refractivity contribution in [1.82, 2.24) is 0 Å². The van der Waals surface area contributed by atoms with E-state index in [-0.39, 0.29) is 30.8 Å². The lowest BCUT2D eigenvalue weighted by Crippen LogP contribution is -2.22. The van der Waals surface area contributed by atoms with E-state index in [2.05, 4.69) is 10.6 Å². The van der Waals surface area contributed by atoms with E-state index in [0.717, 1.165) is 0 Å². The van der Waals surface area contributed by atoms with Crippen molar-refractivity contribution in [2.45, 2.75) is 32.8 Å². The SMILES string of the molecule is CC(=O)c1ccc(NC(=O)O[C@H](c2ccccc2OCCO)[C@@H](C)CC/C=C/C(=O)Nc2ccccc2N)cc1. The Morgan fingerprint density at radius 2 is 1.68 bits per heavy atom. The van der Waals surface area contributed by atoms with Crippen LogP contribution in [0.15, 0.2) is 84.9 Å². The third-order valence-corrected chi connectivity index (χ3v) is 6.14. The molecule has 0 bridgehead atoms. The highest BCUT2D eigenvalue weighted by Gasteiger charge is 2.26. The van der Waals surface area contributed by atoms with Gasteiger partial charge >= 0.3 is 6.09 Å². The van der Waals surface area contributed by atoms with Crippen molar-refractivity contribution in [3.05, 3.63) is 96.1 Å². The van der Waals surface area contributed by atoms with Gasteiger partial charge in [-0.25, -0.2) is 4.79 Å².